The lowest BCUT2D eigenvalue weighted by molar-refractivity contribution is 0.535. The highest BCUT2D eigenvalue weighted by atomic mass is 14.2. The van der Waals surface area contributed by atoms with Gasteiger partial charge in [0.15, 0.2) is 0 Å². The van der Waals surface area contributed by atoms with Crippen LogP contribution < -0.4 is 0 Å². The van der Waals surface area contributed by atoms with Gasteiger partial charge in [0.25, 0.3) is 0 Å². The molecule has 0 radical (unpaired) electrons. The van der Waals surface area contributed by atoms with Crippen LogP contribution in [0.3, 0.4) is 0 Å². The zero-order valence-electron chi connectivity index (χ0n) is 9.49. The van der Waals surface area contributed by atoms with Crippen LogP contribution in [0, 0.1) is 0 Å². The van der Waals surface area contributed by atoms with E-state index in [-0.39, 0.29) is 0 Å². The molecule has 0 fully saturated rings. The molecule has 2 aliphatic carbocycles. The van der Waals surface area contributed by atoms with Crippen LogP contribution in [0.15, 0.2) is 11.1 Å². The van der Waals surface area contributed by atoms with Crippen molar-refractivity contribution in [2.45, 2.75) is 77.0 Å². The number of rotatable bonds is 0. The normalized spacial score (nSPS) is 25.7. The summed E-state index contributed by atoms with van der Waals surface area (Å²) in [5.74, 6) is 0. The molecule has 14 heavy (non-hydrogen) atoms. The zero-order valence-corrected chi connectivity index (χ0v) is 9.49. The van der Waals surface area contributed by atoms with E-state index in [9.17, 15) is 0 Å². The minimum atomic E-state index is 1.44. The van der Waals surface area contributed by atoms with Crippen molar-refractivity contribution in [1.29, 1.82) is 0 Å². The van der Waals surface area contributed by atoms with Gasteiger partial charge in [-0.1, -0.05) is 49.7 Å². The fraction of sp³-hybridized carbons (Fsp3) is 0.857. The molecular formula is C14H24. The molecule has 0 unspecified atom stereocenters. The van der Waals surface area contributed by atoms with Gasteiger partial charge in [0.05, 0.1) is 0 Å². The summed E-state index contributed by atoms with van der Waals surface area (Å²) in [4.78, 5) is 0. The third-order valence-corrected chi connectivity index (χ3v) is 3.94. The van der Waals surface area contributed by atoms with Gasteiger partial charge in [0, 0.05) is 0 Å². The first-order valence-electron chi connectivity index (χ1n) is 6.66. The van der Waals surface area contributed by atoms with Crippen molar-refractivity contribution >= 4 is 0 Å². The van der Waals surface area contributed by atoms with E-state index >= 15 is 0 Å². The van der Waals surface area contributed by atoms with Crippen LogP contribution in [0.25, 0.3) is 0 Å². The van der Waals surface area contributed by atoms with E-state index in [1.54, 1.807) is 0 Å². The molecule has 0 heterocycles. The van der Waals surface area contributed by atoms with E-state index in [0.717, 1.165) is 0 Å². The van der Waals surface area contributed by atoms with Crippen LogP contribution >= 0.6 is 0 Å². The molecule has 80 valence electrons. The van der Waals surface area contributed by atoms with Gasteiger partial charge >= 0.3 is 0 Å². The Hall–Kier alpha value is -0.260. The Balaban J connectivity index is 1.81. The Bertz CT molecular complexity index is 178. The smallest absolute Gasteiger partial charge is 0.0280 e. The van der Waals surface area contributed by atoms with Crippen molar-refractivity contribution in [2.24, 2.45) is 0 Å². The number of allylic oxidation sites excluding steroid dienone is 2. The largest absolute Gasteiger partial charge is 0.0707 e. The Morgan fingerprint density at radius 2 is 0.714 bits per heavy atom. The van der Waals surface area contributed by atoms with E-state index in [1.165, 1.54) is 77.0 Å². The standard InChI is InChI=1S/C14H24/c1-2-4-6-8-10-14-12-11-13(14)9-7-5-3-1/h1-12H2. The van der Waals surface area contributed by atoms with Gasteiger partial charge in [-0.2, -0.15) is 0 Å². The molecule has 0 spiro atoms. The third-order valence-electron chi connectivity index (χ3n) is 3.94. The molecule has 0 saturated carbocycles. The highest BCUT2D eigenvalue weighted by Gasteiger charge is 2.15. The van der Waals surface area contributed by atoms with E-state index in [4.69, 9.17) is 0 Å². The lowest BCUT2D eigenvalue weighted by atomic mass is 9.82. The highest BCUT2D eigenvalue weighted by Crippen LogP contribution is 2.35. The van der Waals surface area contributed by atoms with Gasteiger partial charge in [-0.3, -0.25) is 0 Å². The summed E-state index contributed by atoms with van der Waals surface area (Å²) in [5, 5.41) is 0. The predicted octanol–water partition coefficient (Wildman–Crippen LogP) is 4.99. The maximum absolute atomic E-state index is 1.85. The van der Waals surface area contributed by atoms with Crippen LogP contribution in [0.1, 0.15) is 77.0 Å². The van der Waals surface area contributed by atoms with Gasteiger partial charge in [0.1, 0.15) is 0 Å². The van der Waals surface area contributed by atoms with Gasteiger partial charge in [-0.05, 0) is 38.5 Å². The number of hydrogen-bond acceptors (Lipinski definition) is 0. The first kappa shape index (κ1) is 10.3. The Kier molecular flexibility index (Phi) is 4.09. The second-order valence-corrected chi connectivity index (χ2v) is 5.04. The van der Waals surface area contributed by atoms with Crippen LogP contribution in [0.2, 0.25) is 0 Å². The average Bonchev–Trinajstić information content (AvgIpc) is 2.16. The Morgan fingerprint density at radius 1 is 0.357 bits per heavy atom. The minimum absolute atomic E-state index is 1.44. The van der Waals surface area contributed by atoms with Crippen molar-refractivity contribution in [3.05, 3.63) is 11.1 Å². The van der Waals surface area contributed by atoms with Crippen molar-refractivity contribution in [3.8, 4) is 0 Å². The summed E-state index contributed by atoms with van der Waals surface area (Å²) in [6.07, 6.45) is 17.6. The molecule has 0 saturated heterocycles. The lowest BCUT2D eigenvalue weighted by Crippen LogP contribution is -2.05. The molecule has 0 atom stereocenters. The van der Waals surface area contributed by atoms with Gasteiger partial charge in [-0.25, -0.2) is 0 Å². The fourth-order valence-corrected chi connectivity index (χ4v) is 2.82. The lowest BCUT2D eigenvalue weighted by Gasteiger charge is -2.24. The molecule has 2 rings (SSSR count). The monoisotopic (exact) mass is 192 g/mol. The van der Waals surface area contributed by atoms with Gasteiger partial charge in [-0.15, -0.1) is 0 Å². The van der Waals surface area contributed by atoms with E-state index < -0.39 is 0 Å². The quantitative estimate of drug-likeness (QED) is 0.474. The average molecular weight is 192 g/mol. The Labute approximate surface area is 88.8 Å². The molecule has 0 bridgehead atoms. The van der Waals surface area contributed by atoms with Crippen molar-refractivity contribution in [3.63, 3.8) is 0 Å². The third kappa shape index (κ3) is 2.87. The molecule has 0 aliphatic heterocycles. The second kappa shape index (κ2) is 5.58. The van der Waals surface area contributed by atoms with E-state index in [1.807, 2.05) is 11.1 Å². The van der Waals surface area contributed by atoms with Crippen molar-refractivity contribution < 1.29 is 0 Å². The van der Waals surface area contributed by atoms with Crippen LogP contribution in [-0.2, 0) is 0 Å². The van der Waals surface area contributed by atoms with E-state index in [2.05, 4.69) is 0 Å². The molecule has 0 N–H and O–H groups in total. The molecule has 0 aromatic heterocycles. The first-order chi connectivity index (χ1) is 6.97. The van der Waals surface area contributed by atoms with Crippen LogP contribution in [0.4, 0.5) is 0 Å². The Morgan fingerprint density at radius 3 is 1.07 bits per heavy atom. The van der Waals surface area contributed by atoms with Gasteiger partial charge < -0.3 is 0 Å². The molecular weight excluding hydrogens is 168 g/mol. The molecule has 0 aromatic rings. The highest BCUT2D eigenvalue weighted by molar-refractivity contribution is 5.24. The topological polar surface area (TPSA) is 0 Å². The molecule has 2 aliphatic rings. The minimum Gasteiger partial charge on any atom is -0.0707 e. The van der Waals surface area contributed by atoms with Crippen LogP contribution in [-0.4, -0.2) is 0 Å². The van der Waals surface area contributed by atoms with Gasteiger partial charge in [0.2, 0.25) is 0 Å². The zero-order chi connectivity index (χ0) is 9.64. The first-order valence-corrected chi connectivity index (χ1v) is 6.66. The summed E-state index contributed by atoms with van der Waals surface area (Å²) in [6.45, 7) is 0. The molecule has 0 amide bonds. The summed E-state index contributed by atoms with van der Waals surface area (Å²) >= 11 is 0. The summed E-state index contributed by atoms with van der Waals surface area (Å²) in [5.41, 5.74) is 3.70. The summed E-state index contributed by atoms with van der Waals surface area (Å²) in [7, 11) is 0. The SMILES string of the molecule is C1CCCCCC2=C(CCCC1)CC2. The molecule has 0 aromatic carbocycles. The van der Waals surface area contributed by atoms with Crippen molar-refractivity contribution in [2.75, 3.05) is 0 Å². The summed E-state index contributed by atoms with van der Waals surface area (Å²) in [6, 6.07) is 0. The van der Waals surface area contributed by atoms with Crippen molar-refractivity contribution in [1.82, 2.24) is 0 Å². The van der Waals surface area contributed by atoms with Crippen LogP contribution in [0.5, 0.6) is 0 Å². The second-order valence-electron chi connectivity index (χ2n) is 5.04. The maximum atomic E-state index is 1.85. The maximum Gasteiger partial charge on any atom is -0.0280 e. The molecule has 0 nitrogen and oxygen atoms in total. The fourth-order valence-electron chi connectivity index (χ4n) is 2.82. The number of hydrogen-bond donors (Lipinski definition) is 0. The predicted molar refractivity (Wildman–Crippen MR) is 62.4 cm³/mol. The summed E-state index contributed by atoms with van der Waals surface area (Å²) < 4.78 is 0. The molecule has 0 heteroatoms. The van der Waals surface area contributed by atoms with E-state index in [0.29, 0.717) is 0 Å².